The quantitative estimate of drug-likeness (QED) is 0.269. The molecule has 2 nitrogen and oxygen atoms in total. The van der Waals surface area contributed by atoms with Crippen molar-refractivity contribution in [3.63, 3.8) is 0 Å². The number of esters is 1. The molecule has 3 rings (SSSR count). The fourth-order valence-corrected chi connectivity index (χ4v) is 5.16. The number of rotatable bonds is 14. The third-order valence-electron chi connectivity index (χ3n) is 7.20. The van der Waals surface area contributed by atoms with Crippen LogP contribution in [0.1, 0.15) is 97.3 Å². The molecule has 6 unspecified atom stereocenters. The molecule has 0 aromatic heterocycles. The lowest BCUT2D eigenvalue weighted by atomic mass is 10.0. The Balaban J connectivity index is 1.10. The maximum Gasteiger partial charge on any atom is 0.305 e. The van der Waals surface area contributed by atoms with Gasteiger partial charge in [0.25, 0.3) is 0 Å². The largest absolute Gasteiger partial charge is 0.466 e. The number of unbranched alkanes of at least 4 members (excludes halogenated alkanes) is 4. The summed E-state index contributed by atoms with van der Waals surface area (Å²) in [6.45, 7) is 4.76. The van der Waals surface area contributed by atoms with Crippen LogP contribution in [0.25, 0.3) is 0 Å². The van der Waals surface area contributed by atoms with Crippen molar-refractivity contribution in [3.8, 4) is 0 Å². The first-order valence-corrected chi connectivity index (χ1v) is 11.4. The summed E-state index contributed by atoms with van der Waals surface area (Å²) in [7, 11) is 0. The molecule has 0 bridgehead atoms. The van der Waals surface area contributed by atoms with Gasteiger partial charge in [0, 0.05) is 6.42 Å². The van der Waals surface area contributed by atoms with Crippen molar-refractivity contribution in [3.05, 3.63) is 0 Å². The number of ether oxygens (including phenoxy) is 1. The normalized spacial score (nSPS) is 35.4. The second kappa shape index (κ2) is 9.42. The van der Waals surface area contributed by atoms with Crippen LogP contribution in [0, 0.1) is 35.5 Å². The highest BCUT2D eigenvalue weighted by molar-refractivity contribution is 5.69. The molecule has 0 aromatic carbocycles. The zero-order valence-corrected chi connectivity index (χ0v) is 16.7. The number of carbonyl (C=O) groups is 1. The Hall–Kier alpha value is -0.530. The van der Waals surface area contributed by atoms with E-state index in [1.54, 1.807) is 25.7 Å². The van der Waals surface area contributed by atoms with Gasteiger partial charge in [0.2, 0.25) is 0 Å². The summed E-state index contributed by atoms with van der Waals surface area (Å²) < 4.78 is 4.96. The molecular formula is C23H40O2. The number of carbonyl (C=O) groups excluding carboxylic acids is 1. The van der Waals surface area contributed by atoms with Gasteiger partial charge >= 0.3 is 5.97 Å². The van der Waals surface area contributed by atoms with Crippen molar-refractivity contribution < 1.29 is 9.53 Å². The molecule has 0 radical (unpaired) electrons. The first-order valence-electron chi connectivity index (χ1n) is 11.4. The van der Waals surface area contributed by atoms with E-state index in [0.29, 0.717) is 13.0 Å². The fraction of sp³-hybridized carbons (Fsp3) is 0.957. The third-order valence-corrected chi connectivity index (χ3v) is 7.20. The molecule has 3 aliphatic rings. The van der Waals surface area contributed by atoms with Gasteiger partial charge in [-0.3, -0.25) is 4.79 Å². The van der Waals surface area contributed by atoms with Crippen LogP contribution in [0.2, 0.25) is 0 Å². The van der Waals surface area contributed by atoms with Gasteiger partial charge in [0.05, 0.1) is 6.61 Å². The predicted molar refractivity (Wildman–Crippen MR) is 103 cm³/mol. The Kier molecular flexibility index (Phi) is 7.25. The second-order valence-corrected chi connectivity index (χ2v) is 9.26. The first-order chi connectivity index (χ1) is 12.2. The summed E-state index contributed by atoms with van der Waals surface area (Å²) in [6, 6.07) is 0. The minimum atomic E-state index is -0.0198. The first kappa shape index (κ1) is 19.2. The molecule has 2 heteroatoms. The zero-order chi connectivity index (χ0) is 17.6. The van der Waals surface area contributed by atoms with Gasteiger partial charge in [-0.25, -0.2) is 0 Å². The lowest BCUT2D eigenvalue weighted by Gasteiger charge is -2.03. The van der Waals surface area contributed by atoms with Crippen LogP contribution in [0.4, 0.5) is 0 Å². The second-order valence-electron chi connectivity index (χ2n) is 9.26. The van der Waals surface area contributed by atoms with Crippen LogP contribution < -0.4 is 0 Å². The Morgan fingerprint density at radius 2 is 1.32 bits per heavy atom. The molecule has 0 aromatic rings. The molecule has 3 saturated carbocycles. The van der Waals surface area contributed by atoms with Crippen LogP contribution in [0.3, 0.4) is 0 Å². The van der Waals surface area contributed by atoms with E-state index in [0.717, 1.165) is 41.9 Å². The molecule has 0 amide bonds. The average Bonchev–Trinajstić information content (AvgIpc) is 3.49. The predicted octanol–water partition coefficient (Wildman–Crippen LogP) is 6.38. The van der Waals surface area contributed by atoms with Gasteiger partial charge in [-0.15, -0.1) is 0 Å². The van der Waals surface area contributed by atoms with Gasteiger partial charge < -0.3 is 4.74 Å². The Labute approximate surface area is 155 Å². The lowest BCUT2D eigenvalue weighted by molar-refractivity contribution is -0.143. The van der Waals surface area contributed by atoms with E-state index in [1.165, 1.54) is 44.9 Å². The molecule has 0 saturated heterocycles. The minimum absolute atomic E-state index is 0.0198. The highest BCUT2D eigenvalue weighted by Crippen LogP contribution is 2.58. The van der Waals surface area contributed by atoms with E-state index in [-0.39, 0.29) is 5.97 Å². The Morgan fingerprint density at radius 1 is 0.760 bits per heavy atom. The SMILES string of the molecule is CCOC(=O)CCCCCCCC1CC1CC1CC1CC1CC1CC. The molecule has 0 aliphatic heterocycles. The summed E-state index contributed by atoms with van der Waals surface area (Å²) in [4.78, 5) is 11.3. The van der Waals surface area contributed by atoms with Crippen molar-refractivity contribution in [1.82, 2.24) is 0 Å². The van der Waals surface area contributed by atoms with E-state index < -0.39 is 0 Å². The van der Waals surface area contributed by atoms with Crippen molar-refractivity contribution in [1.29, 1.82) is 0 Å². The topological polar surface area (TPSA) is 26.3 Å². The van der Waals surface area contributed by atoms with E-state index in [2.05, 4.69) is 6.92 Å². The molecule has 0 spiro atoms. The van der Waals surface area contributed by atoms with E-state index in [1.807, 2.05) is 6.92 Å². The summed E-state index contributed by atoms with van der Waals surface area (Å²) >= 11 is 0. The molecule has 0 N–H and O–H groups in total. The van der Waals surface area contributed by atoms with E-state index >= 15 is 0 Å². The zero-order valence-electron chi connectivity index (χ0n) is 16.7. The lowest BCUT2D eigenvalue weighted by Crippen LogP contribution is -2.03. The van der Waals surface area contributed by atoms with Crippen LogP contribution >= 0.6 is 0 Å². The standard InChI is InChI=1S/C23H40O2/c1-3-17-12-19(17)14-21-16-22(21)15-20-13-18(20)10-8-6-5-7-9-11-23(24)25-4-2/h17-22H,3-16H2,1-2H3. The van der Waals surface area contributed by atoms with E-state index in [9.17, 15) is 4.79 Å². The molecule has 0 heterocycles. The summed E-state index contributed by atoms with van der Waals surface area (Å²) in [5, 5.41) is 0. The highest BCUT2D eigenvalue weighted by Gasteiger charge is 2.48. The van der Waals surface area contributed by atoms with Crippen molar-refractivity contribution in [2.24, 2.45) is 35.5 Å². The van der Waals surface area contributed by atoms with Crippen molar-refractivity contribution in [2.45, 2.75) is 97.3 Å². The van der Waals surface area contributed by atoms with Gasteiger partial charge in [-0.05, 0) is 81.0 Å². The van der Waals surface area contributed by atoms with E-state index in [4.69, 9.17) is 4.74 Å². The Morgan fingerprint density at radius 3 is 2.00 bits per heavy atom. The van der Waals surface area contributed by atoms with Gasteiger partial charge in [-0.2, -0.15) is 0 Å². The van der Waals surface area contributed by atoms with Crippen LogP contribution in [0.5, 0.6) is 0 Å². The van der Waals surface area contributed by atoms with Crippen LogP contribution in [0.15, 0.2) is 0 Å². The van der Waals surface area contributed by atoms with Gasteiger partial charge in [0.1, 0.15) is 0 Å². The summed E-state index contributed by atoms with van der Waals surface area (Å²) in [5.74, 6) is 6.63. The fourth-order valence-electron chi connectivity index (χ4n) is 5.16. The molecule has 25 heavy (non-hydrogen) atoms. The number of hydrogen-bond acceptors (Lipinski definition) is 2. The molecular weight excluding hydrogens is 308 g/mol. The molecule has 144 valence electrons. The summed E-state index contributed by atoms with van der Waals surface area (Å²) in [5.41, 5.74) is 0. The van der Waals surface area contributed by atoms with Crippen LogP contribution in [-0.2, 0) is 9.53 Å². The molecule has 3 aliphatic carbocycles. The molecule has 6 atom stereocenters. The monoisotopic (exact) mass is 348 g/mol. The third kappa shape index (κ3) is 6.61. The minimum Gasteiger partial charge on any atom is -0.466 e. The summed E-state index contributed by atoms with van der Waals surface area (Å²) in [6.07, 6.45) is 17.6. The highest BCUT2D eigenvalue weighted by atomic mass is 16.5. The van der Waals surface area contributed by atoms with Crippen molar-refractivity contribution in [2.75, 3.05) is 6.61 Å². The van der Waals surface area contributed by atoms with Gasteiger partial charge in [0.15, 0.2) is 0 Å². The van der Waals surface area contributed by atoms with Crippen molar-refractivity contribution >= 4 is 5.97 Å². The average molecular weight is 349 g/mol. The maximum absolute atomic E-state index is 11.3. The Bertz CT molecular complexity index is 418. The smallest absolute Gasteiger partial charge is 0.305 e. The number of hydrogen-bond donors (Lipinski definition) is 0. The van der Waals surface area contributed by atoms with Crippen LogP contribution in [-0.4, -0.2) is 12.6 Å². The van der Waals surface area contributed by atoms with Gasteiger partial charge in [-0.1, -0.05) is 45.4 Å². The maximum atomic E-state index is 11.3. The molecule has 3 fully saturated rings.